The Balaban J connectivity index is 0.000000972. The zero-order valence-corrected chi connectivity index (χ0v) is 15.6. The van der Waals surface area contributed by atoms with Gasteiger partial charge in [-0.25, -0.2) is 9.59 Å². The third-order valence-electron chi connectivity index (χ3n) is 2.98. The maximum absolute atomic E-state index is 9.83. The van der Waals surface area contributed by atoms with Crippen molar-refractivity contribution in [2.45, 2.75) is 26.0 Å². The summed E-state index contributed by atoms with van der Waals surface area (Å²) in [7, 11) is 1.57. The Morgan fingerprint density at radius 1 is 1.19 bits per heavy atom. The summed E-state index contributed by atoms with van der Waals surface area (Å²) >= 11 is 0. The van der Waals surface area contributed by atoms with Crippen molar-refractivity contribution in [3.63, 3.8) is 0 Å². The molecule has 1 atom stereocenters. The van der Waals surface area contributed by atoms with Crippen LogP contribution in [-0.4, -0.2) is 71.4 Å². The first-order chi connectivity index (χ1) is 12.7. The molecule has 1 unspecified atom stereocenters. The highest BCUT2D eigenvalue weighted by Crippen LogP contribution is 2.28. The summed E-state index contributed by atoms with van der Waals surface area (Å²) in [6.45, 7) is 4.72. The summed E-state index contributed by atoms with van der Waals surface area (Å²) in [5.41, 5.74) is 0.912. The van der Waals surface area contributed by atoms with Crippen molar-refractivity contribution in [2.75, 3.05) is 26.9 Å². The van der Waals surface area contributed by atoms with Crippen LogP contribution < -0.4 is 14.8 Å². The van der Waals surface area contributed by atoms with Gasteiger partial charge >= 0.3 is 11.9 Å². The lowest BCUT2D eigenvalue weighted by Crippen LogP contribution is -2.35. The van der Waals surface area contributed by atoms with E-state index >= 15 is 0 Å². The second-order valence-electron chi connectivity index (χ2n) is 5.63. The molecule has 0 heterocycles. The number of ether oxygens (including phenoxy) is 2. The summed E-state index contributed by atoms with van der Waals surface area (Å²) in [5.74, 6) is -2.47. The molecule has 0 saturated carbocycles. The maximum atomic E-state index is 9.83. The fourth-order valence-electron chi connectivity index (χ4n) is 1.71. The summed E-state index contributed by atoms with van der Waals surface area (Å²) in [6.07, 6.45) is 2.87. The van der Waals surface area contributed by atoms with Crippen LogP contribution in [-0.2, 0) is 9.59 Å². The van der Waals surface area contributed by atoms with E-state index in [1.54, 1.807) is 25.3 Å². The molecule has 0 aromatic heterocycles. The highest BCUT2D eigenvalue weighted by atomic mass is 16.5. The van der Waals surface area contributed by atoms with Crippen LogP contribution in [0.1, 0.15) is 19.4 Å². The number of rotatable bonds is 9. The molecule has 0 bridgehead atoms. The van der Waals surface area contributed by atoms with Crippen LogP contribution in [0.25, 0.3) is 6.08 Å². The molecule has 27 heavy (non-hydrogen) atoms. The fourth-order valence-corrected chi connectivity index (χ4v) is 1.71. The molecule has 0 radical (unpaired) electrons. The van der Waals surface area contributed by atoms with Crippen LogP contribution >= 0.6 is 0 Å². The fraction of sp³-hybridized carbons (Fsp3) is 0.444. The molecule has 152 valence electrons. The number of benzene rings is 1. The zero-order chi connectivity index (χ0) is 20.8. The Labute approximate surface area is 157 Å². The molecule has 5 N–H and O–H groups in total. The van der Waals surface area contributed by atoms with Gasteiger partial charge in [-0.15, -0.1) is 0 Å². The van der Waals surface area contributed by atoms with Gasteiger partial charge in [0.2, 0.25) is 0 Å². The van der Waals surface area contributed by atoms with Crippen molar-refractivity contribution in [1.82, 2.24) is 5.32 Å². The summed E-state index contributed by atoms with van der Waals surface area (Å²) in [6, 6.07) is 5.80. The topological polar surface area (TPSA) is 146 Å². The molecule has 1 aromatic carbocycles. The third kappa shape index (κ3) is 11.6. The average Bonchev–Trinajstić information content (AvgIpc) is 2.63. The minimum absolute atomic E-state index is 0.00435. The SMILES string of the molecule is COc1cc(/C=C/CO)ccc1OCC(O)CNC(C)C.O=C(O)C(=O)O. The van der Waals surface area contributed by atoms with Gasteiger partial charge in [0.05, 0.1) is 13.7 Å². The highest BCUT2D eigenvalue weighted by molar-refractivity contribution is 6.27. The van der Waals surface area contributed by atoms with E-state index in [2.05, 4.69) is 5.32 Å². The van der Waals surface area contributed by atoms with Gasteiger partial charge in [-0.2, -0.15) is 0 Å². The van der Waals surface area contributed by atoms with Gasteiger partial charge in [0.15, 0.2) is 11.5 Å². The first kappa shape index (κ1) is 24.4. The number of hydrogen-bond donors (Lipinski definition) is 5. The van der Waals surface area contributed by atoms with Crippen molar-refractivity contribution >= 4 is 18.0 Å². The van der Waals surface area contributed by atoms with Gasteiger partial charge in [-0.05, 0) is 17.7 Å². The van der Waals surface area contributed by atoms with E-state index in [0.717, 1.165) is 5.56 Å². The molecule has 1 aromatic rings. The van der Waals surface area contributed by atoms with E-state index < -0.39 is 18.0 Å². The lowest BCUT2D eigenvalue weighted by molar-refractivity contribution is -0.159. The Bertz CT molecular complexity index is 603. The Kier molecular flexibility index (Phi) is 12.2. The van der Waals surface area contributed by atoms with Gasteiger partial charge < -0.3 is 35.2 Å². The van der Waals surface area contributed by atoms with Crippen molar-refractivity contribution in [3.05, 3.63) is 29.8 Å². The lowest BCUT2D eigenvalue weighted by Gasteiger charge is -2.16. The first-order valence-corrected chi connectivity index (χ1v) is 8.17. The van der Waals surface area contributed by atoms with Gasteiger partial charge in [0.1, 0.15) is 12.7 Å². The molecular formula is C18H27NO8. The van der Waals surface area contributed by atoms with Crippen LogP contribution in [0.4, 0.5) is 0 Å². The molecule has 0 aliphatic carbocycles. The molecule has 0 aliphatic heterocycles. The summed E-state index contributed by atoms with van der Waals surface area (Å²) in [5, 5.41) is 36.5. The molecule has 9 heteroatoms. The van der Waals surface area contributed by atoms with E-state index in [4.69, 9.17) is 34.4 Å². The normalized spacial score (nSPS) is 11.6. The number of carboxylic acids is 2. The molecule has 0 fully saturated rings. The van der Waals surface area contributed by atoms with Gasteiger partial charge in [-0.1, -0.05) is 32.1 Å². The van der Waals surface area contributed by atoms with E-state index in [-0.39, 0.29) is 13.2 Å². The van der Waals surface area contributed by atoms with E-state index in [0.29, 0.717) is 24.1 Å². The van der Waals surface area contributed by atoms with E-state index in [1.165, 1.54) is 0 Å². The summed E-state index contributed by atoms with van der Waals surface area (Å²) in [4.78, 5) is 18.2. The predicted molar refractivity (Wildman–Crippen MR) is 99.0 cm³/mol. The Hall–Kier alpha value is -2.62. The van der Waals surface area contributed by atoms with E-state index in [9.17, 15) is 5.11 Å². The molecular weight excluding hydrogens is 358 g/mol. The van der Waals surface area contributed by atoms with E-state index in [1.807, 2.05) is 26.0 Å². The third-order valence-corrected chi connectivity index (χ3v) is 2.98. The Morgan fingerprint density at radius 3 is 2.30 bits per heavy atom. The first-order valence-electron chi connectivity index (χ1n) is 8.17. The second-order valence-corrected chi connectivity index (χ2v) is 5.63. The van der Waals surface area contributed by atoms with Gasteiger partial charge in [-0.3, -0.25) is 0 Å². The van der Waals surface area contributed by atoms with Crippen molar-refractivity contribution in [2.24, 2.45) is 0 Å². The second kappa shape index (κ2) is 13.6. The molecule has 0 amide bonds. The average molecular weight is 385 g/mol. The number of nitrogens with one attached hydrogen (secondary N) is 1. The predicted octanol–water partition coefficient (Wildman–Crippen LogP) is 0.594. The van der Waals surface area contributed by atoms with Gasteiger partial charge in [0, 0.05) is 12.6 Å². The number of aliphatic carboxylic acids is 2. The van der Waals surface area contributed by atoms with Crippen molar-refractivity contribution < 1.29 is 39.5 Å². The molecule has 9 nitrogen and oxygen atoms in total. The minimum Gasteiger partial charge on any atom is -0.493 e. The zero-order valence-electron chi connectivity index (χ0n) is 15.6. The number of methoxy groups -OCH3 is 1. The maximum Gasteiger partial charge on any atom is 0.414 e. The van der Waals surface area contributed by atoms with Crippen LogP contribution in [0.15, 0.2) is 24.3 Å². The van der Waals surface area contributed by atoms with Crippen LogP contribution in [0.2, 0.25) is 0 Å². The molecule has 1 rings (SSSR count). The lowest BCUT2D eigenvalue weighted by atomic mass is 10.2. The molecule has 0 spiro atoms. The number of carbonyl (C=O) groups is 2. The number of carboxylic acid groups (broad SMARTS) is 2. The smallest absolute Gasteiger partial charge is 0.414 e. The molecule has 0 aliphatic rings. The number of hydrogen-bond acceptors (Lipinski definition) is 7. The number of aliphatic hydroxyl groups is 2. The van der Waals surface area contributed by atoms with Crippen LogP contribution in [0.5, 0.6) is 11.5 Å². The van der Waals surface area contributed by atoms with Crippen molar-refractivity contribution in [1.29, 1.82) is 0 Å². The number of aliphatic hydroxyl groups excluding tert-OH is 2. The minimum atomic E-state index is -1.82. The van der Waals surface area contributed by atoms with Gasteiger partial charge in [0.25, 0.3) is 0 Å². The quantitative estimate of drug-likeness (QED) is 0.386. The standard InChI is InChI=1S/C16H25NO4.C2H2O4/c1-12(2)17-10-14(19)11-21-15-7-6-13(5-4-8-18)9-16(15)20-3;3-1(4)2(5)6/h4-7,9,12,14,17-19H,8,10-11H2,1-3H3;(H,3,4)(H,5,6)/b5-4+;. The van der Waals surface area contributed by atoms with Crippen molar-refractivity contribution in [3.8, 4) is 11.5 Å². The Morgan fingerprint density at radius 2 is 1.81 bits per heavy atom. The highest BCUT2D eigenvalue weighted by Gasteiger charge is 2.09. The molecule has 0 saturated heterocycles. The van der Waals surface area contributed by atoms with Crippen LogP contribution in [0, 0.1) is 0 Å². The summed E-state index contributed by atoms with van der Waals surface area (Å²) < 4.78 is 10.9. The van der Waals surface area contributed by atoms with Crippen LogP contribution in [0.3, 0.4) is 0 Å². The largest absolute Gasteiger partial charge is 0.493 e. The monoisotopic (exact) mass is 385 g/mol.